The van der Waals surface area contributed by atoms with E-state index in [-0.39, 0.29) is 16.8 Å². The molecule has 1 atom stereocenters. The van der Waals surface area contributed by atoms with Gasteiger partial charge in [0, 0.05) is 17.1 Å². The van der Waals surface area contributed by atoms with Gasteiger partial charge in [0.2, 0.25) is 11.8 Å². The summed E-state index contributed by atoms with van der Waals surface area (Å²) in [6.45, 7) is 1.74. The largest absolute Gasteiger partial charge is 0.352 e. The fourth-order valence-corrected chi connectivity index (χ4v) is 6.82. The first-order valence-electron chi connectivity index (χ1n) is 13.8. The molecule has 0 saturated heterocycles. The molecule has 0 aromatic heterocycles. The molecule has 0 aliphatic heterocycles. The van der Waals surface area contributed by atoms with Crippen LogP contribution in [0.3, 0.4) is 0 Å². The number of benzene rings is 3. The van der Waals surface area contributed by atoms with Gasteiger partial charge in [-0.1, -0.05) is 84.2 Å². The van der Waals surface area contributed by atoms with Crippen molar-refractivity contribution >= 4 is 43.5 Å². The van der Waals surface area contributed by atoms with Gasteiger partial charge in [-0.3, -0.25) is 13.9 Å². The smallest absolute Gasteiger partial charge is 0.264 e. The molecule has 3 aromatic carbocycles. The molecule has 9 heteroatoms. The van der Waals surface area contributed by atoms with Crippen molar-refractivity contribution in [1.29, 1.82) is 0 Å². The van der Waals surface area contributed by atoms with Crippen LogP contribution in [-0.2, 0) is 26.0 Å². The number of rotatable bonds is 12. The third-order valence-electron chi connectivity index (χ3n) is 7.30. The molecule has 0 unspecified atom stereocenters. The zero-order chi connectivity index (χ0) is 28.5. The zero-order valence-electron chi connectivity index (χ0n) is 22.7. The SMILES string of the molecule is CC[C@H](C(=O)NC1CCCC1)N(CCc1ccccc1)C(=O)CN(c1ccc(Br)cc1)S(=O)(=O)c1ccccc1. The second kappa shape index (κ2) is 13.9. The summed E-state index contributed by atoms with van der Waals surface area (Å²) in [5.74, 6) is -0.608. The van der Waals surface area contributed by atoms with E-state index in [1.54, 1.807) is 47.4 Å². The molecule has 0 bridgehead atoms. The molecule has 0 heterocycles. The number of amides is 2. The minimum Gasteiger partial charge on any atom is -0.352 e. The molecule has 0 spiro atoms. The summed E-state index contributed by atoms with van der Waals surface area (Å²) in [4.78, 5) is 29.2. The lowest BCUT2D eigenvalue weighted by molar-refractivity contribution is -0.139. The molecule has 1 aliphatic rings. The van der Waals surface area contributed by atoms with Gasteiger partial charge in [0.15, 0.2) is 0 Å². The Morgan fingerprint density at radius 2 is 1.52 bits per heavy atom. The van der Waals surface area contributed by atoms with Crippen molar-refractivity contribution in [2.45, 2.75) is 62.4 Å². The average Bonchev–Trinajstić information content (AvgIpc) is 3.48. The van der Waals surface area contributed by atoms with Crippen LogP contribution in [0.15, 0.2) is 94.3 Å². The molecule has 1 saturated carbocycles. The topological polar surface area (TPSA) is 86.8 Å². The van der Waals surface area contributed by atoms with Crippen LogP contribution in [-0.4, -0.2) is 50.3 Å². The van der Waals surface area contributed by atoms with Gasteiger partial charge in [-0.15, -0.1) is 0 Å². The fourth-order valence-electron chi connectivity index (χ4n) is 5.12. The van der Waals surface area contributed by atoms with Gasteiger partial charge in [-0.2, -0.15) is 0 Å². The highest BCUT2D eigenvalue weighted by molar-refractivity contribution is 9.10. The van der Waals surface area contributed by atoms with E-state index in [1.807, 2.05) is 37.3 Å². The Kier molecular flexibility index (Phi) is 10.4. The highest BCUT2D eigenvalue weighted by atomic mass is 79.9. The monoisotopic (exact) mass is 625 g/mol. The molecule has 2 amide bonds. The third-order valence-corrected chi connectivity index (χ3v) is 9.61. The first kappa shape index (κ1) is 29.8. The molecular weight excluding hydrogens is 590 g/mol. The second-order valence-corrected chi connectivity index (χ2v) is 12.8. The van der Waals surface area contributed by atoms with Crippen LogP contribution in [0.25, 0.3) is 0 Å². The van der Waals surface area contributed by atoms with Crippen LogP contribution in [0.5, 0.6) is 0 Å². The third kappa shape index (κ3) is 7.52. The van der Waals surface area contributed by atoms with E-state index in [2.05, 4.69) is 21.2 Å². The number of hydrogen-bond acceptors (Lipinski definition) is 4. The van der Waals surface area contributed by atoms with Crippen LogP contribution < -0.4 is 9.62 Å². The number of carbonyl (C=O) groups is 2. The first-order chi connectivity index (χ1) is 19.3. The van der Waals surface area contributed by atoms with Gasteiger partial charge >= 0.3 is 0 Å². The molecule has 1 aliphatic carbocycles. The van der Waals surface area contributed by atoms with Gasteiger partial charge in [0.1, 0.15) is 12.6 Å². The molecule has 3 aromatic rings. The summed E-state index contributed by atoms with van der Waals surface area (Å²) in [5.41, 5.74) is 1.40. The summed E-state index contributed by atoms with van der Waals surface area (Å²) in [5, 5.41) is 3.14. The molecule has 7 nitrogen and oxygen atoms in total. The fraction of sp³-hybridized carbons (Fsp3) is 0.355. The number of nitrogens with one attached hydrogen (secondary N) is 1. The lowest BCUT2D eigenvalue weighted by Gasteiger charge is -2.33. The summed E-state index contributed by atoms with van der Waals surface area (Å²) >= 11 is 3.40. The number of sulfonamides is 1. The molecule has 1 N–H and O–H groups in total. The van der Waals surface area contributed by atoms with Crippen molar-refractivity contribution in [2.24, 2.45) is 0 Å². The van der Waals surface area contributed by atoms with Gasteiger partial charge in [-0.25, -0.2) is 8.42 Å². The Hall–Kier alpha value is -3.17. The minimum atomic E-state index is -4.06. The number of anilines is 1. The van der Waals surface area contributed by atoms with E-state index in [0.29, 0.717) is 25.1 Å². The summed E-state index contributed by atoms with van der Waals surface area (Å²) in [6.07, 6.45) is 5.00. The standard InChI is InChI=1S/C31H36BrN3O4S/c1-2-29(31(37)33-26-13-9-10-14-26)34(22-21-24-11-5-3-6-12-24)30(36)23-35(27-19-17-25(32)18-20-27)40(38,39)28-15-7-4-8-16-28/h3-8,11-12,15-20,26,29H,2,9-10,13-14,21-23H2,1H3,(H,33,37)/t29-/m1/s1. The minimum absolute atomic E-state index is 0.0903. The van der Waals surface area contributed by atoms with E-state index < -0.39 is 28.5 Å². The highest BCUT2D eigenvalue weighted by Crippen LogP contribution is 2.26. The van der Waals surface area contributed by atoms with Crippen LogP contribution in [0.2, 0.25) is 0 Å². The summed E-state index contributed by atoms with van der Waals surface area (Å²) in [7, 11) is -4.06. The van der Waals surface area contributed by atoms with Crippen molar-refractivity contribution in [3.63, 3.8) is 0 Å². The predicted octanol–water partition coefficient (Wildman–Crippen LogP) is 5.55. The number of nitrogens with zero attached hydrogens (tertiary/aromatic N) is 2. The molecular formula is C31H36BrN3O4S. The summed E-state index contributed by atoms with van der Waals surface area (Å²) in [6, 6.07) is 24.1. The maximum Gasteiger partial charge on any atom is 0.264 e. The van der Waals surface area contributed by atoms with Crippen LogP contribution in [0, 0.1) is 0 Å². The maximum atomic E-state index is 14.1. The maximum absolute atomic E-state index is 14.1. The number of carbonyl (C=O) groups excluding carboxylic acids is 2. The lowest BCUT2D eigenvalue weighted by atomic mass is 10.1. The van der Waals surface area contributed by atoms with E-state index in [4.69, 9.17) is 0 Å². The van der Waals surface area contributed by atoms with Crippen molar-refractivity contribution in [3.8, 4) is 0 Å². The van der Waals surface area contributed by atoms with Crippen LogP contribution in [0.4, 0.5) is 5.69 Å². The van der Waals surface area contributed by atoms with Gasteiger partial charge in [0.25, 0.3) is 10.0 Å². The van der Waals surface area contributed by atoms with Crippen molar-refractivity contribution in [2.75, 3.05) is 17.4 Å². The van der Waals surface area contributed by atoms with Crippen LogP contribution >= 0.6 is 15.9 Å². The molecule has 40 heavy (non-hydrogen) atoms. The molecule has 212 valence electrons. The number of hydrogen-bond donors (Lipinski definition) is 1. The molecule has 4 rings (SSSR count). The Morgan fingerprint density at radius 3 is 2.12 bits per heavy atom. The second-order valence-electron chi connectivity index (χ2n) is 10.0. The van der Waals surface area contributed by atoms with Gasteiger partial charge < -0.3 is 10.2 Å². The number of halogens is 1. The van der Waals surface area contributed by atoms with Crippen molar-refractivity contribution in [3.05, 3.63) is 95.0 Å². The average molecular weight is 627 g/mol. The van der Waals surface area contributed by atoms with Gasteiger partial charge in [-0.05, 0) is 67.6 Å². The van der Waals surface area contributed by atoms with Crippen LogP contribution in [0.1, 0.15) is 44.6 Å². The van der Waals surface area contributed by atoms with E-state index in [1.165, 1.54) is 12.1 Å². The van der Waals surface area contributed by atoms with Gasteiger partial charge in [0.05, 0.1) is 10.6 Å². The van der Waals surface area contributed by atoms with E-state index >= 15 is 0 Å². The highest BCUT2D eigenvalue weighted by Gasteiger charge is 2.34. The lowest BCUT2D eigenvalue weighted by Crippen LogP contribution is -2.54. The predicted molar refractivity (Wildman–Crippen MR) is 161 cm³/mol. The zero-order valence-corrected chi connectivity index (χ0v) is 25.1. The normalized spacial score (nSPS) is 14.4. The Bertz CT molecular complexity index is 1360. The Balaban J connectivity index is 1.65. The quantitative estimate of drug-likeness (QED) is 0.286. The Morgan fingerprint density at radius 1 is 0.925 bits per heavy atom. The van der Waals surface area contributed by atoms with E-state index in [9.17, 15) is 18.0 Å². The van der Waals surface area contributed by atoms with E-state index in [0.717, 1.165) is 40.0 Å². The van der Waals surface area contributed by atoms with Crippen molar-refractivity contribution < 1.29 is 18.0 Å². The Labute approximate surface area is 245 Å². The molecule has 0 radical (unpaired) electrons. The summed E-state index contributed by atoms with van der Waals surface area (Å²) < 4.78 is 29.6. The molecule has 1 fully saturated rings. The first-order valence-corrected chi connectivity index (χ1v) is 16.0. The van der Waals surface area contributed by atoms with Crippen molar-refractivity contribution in [1.82, 2.24) is 10.2 Å².